The number of hydrogen-bond acceptors (Lipinski definition) is 6. The van der Waals surface area contributed by atoms with E-state index in [0.717, 1.165) is 10.8 Å². The van der Waals surface area contributed by atoms with Crippen LogP contribution in [-0.4, -0.2) is 63.3 Å². The number of nitrogens with zero attached hydrogens (tertiary/aromatic N) is 2. The maximum absolute atomic E-state index is 13.7. The second-order valence-electron chi connectivity index (χ2n) is 5.89. The number of thioether (sulfide) groups is 1. The Bertz CT molecular complexity index is 508. The van der Waals surface area contributed by atoms with Gasteiger partial charge in [-0.05, 0) is 18.6 Å². The largest absolute Gasteiger partial charge is 0.379 e. The third-order valence-electron chi connectivity index (χ3n) is 4.22. The Balaban J connectivity index is 1.54. The van der Waals surface area contributed by atoms with E-state index in [1.54, 1.807) is 29.3 Å². The summed E-state index contributed by atoms with van der Waals surface area (Å²) in [5, 5.41) is 15.9. The predicted octanol–water partition coefficient (Wildman–Crippen LogP) is 1.04. The summed E-state index contributed by atoms with van der Waals surface area (Å²) in [5.74, 6) is 0.919. The van der Waals surface area contributed by atoms with Crippen molar-refractivity contribution in [2.45, 2.75) is 37.2 Å². The van der Waals surface area contributed by atoms with Crippen LogP contribution in [0.15, 0.2) is 11.6 Å². The number of rotatable bonds is 5. The highest BCUT2D eigenvalue weighted by atomic mass is 32.2. The Morgan fingerprint density at radius 3 is 3.18 bits per heavy atom. The average molecular weight is 345 g/mol. The molecule has 0 bridgehead atoms. The predicted molar refractivity (Wildman–Crippen MR) is 85.7 cm³/mol. The van der Waals surface area contributed by atoms with E-state index in [1.165, 1.54) is 0 Å². The quantitative estimate of drug-likeness (QED) is 0.835. The lowest BCUT2D eigenvalue weighted by Crippen LogP contribution is -2.50. The molecule has 3 rings (SSSR count). The van der Waals surface area contributed by atoms with E-state index < -0.39 is 11.8 Å². The summed E-state index contributed by atoms with van der Waals surface area (Å²) < 4.78 is 13.7. The molecule has 3 atom stereocenters. The average Bonchev–Trinajstić information content (AvgIpc) is 3.20. The maximum Gasteiger partial charge on any atom is 0.252 e. The van der Waals surface area contributed by atoms with Crippen molar-refractivity contribution in [1.82, 2.24) is 15.2 Å². The number of aliphatic hydroxyl groups is 1. The van der Waals surface area contributed by atoms with Gasteiger partial charge in [0.1, 0.15) is 11.2 Å². The van der Waals surface area contributed by atoms with Crippen molar-refractivity contribution >= 4 is 29.0 Å². The summed E-state index contributed by atoms with van der Waals surface area (Å²) in [6, 6.07) is -0.0412. The van der Waals surface area contributed by atoms with Gasteiger partial charge in [-0.3, -0.25) is 9.69 Å². The molecule has 8 heteroatoms. The van der Waals surface area contributed by atoms with E-state index in [9.17, 15) is 14.3 Å². The standard InChI is InChI=1S/C14H20FN3O2S2/c15-10-5-11(18(7-10)8-12-16-2-4-22-12)6-17-13(19)14(20)1-3-21-9-14/h2,4,10-11,20H,1,3,5-9H2,(H,17,19)/t10-,11-,14-/m0/s1. The van der Waals surface area contributed by atoms with Crippen LogP contribution in [0.4, 0.5) is 4.39 Å². The minimum atomic E-state index is -1.25. The molecule has 0 unspecified atom stereocenters. The molecule has 1 aromatic heterocycles. The zero-order valence-electron chi connectivity index (χ0n) is 12.2. The SMILES string of the molecule is O=C(NC[C@@H]1C[C@H](F)CN1Cc1nccs1)[C@]1(O)CCSC1. The number of halogens is 1. The summed E-state index contributed by atoms with van der Waals surface area (Å²) in [7, 11) is 0. The first-order chi connectivity index (χ1) is 10.6. The first kappa shape index (κ1) is 16.2. The van der Waals surface area contributed by atoms with Crippen molar-refractivity contribution in [1.29, 1.82) is 0 Å². The molecule has 1 aromatic rings. The Kier molecular flexibility index (Phi) is 5.01. The summed E-state index contributed by atoms with van der Waals surface area (Å²) in [6.45, 7) is 1.36. The van der Waals surface area contributed by atoms with Gasteiger partial charge in [0.15, 0.2) is 5.60 Å². The molecular formula is C14H20FN3O2S2. The number of hydrogen-bond donors (Lipinski definition) is 2. The lowest BCUT2D eigenvalue weighted by atomic mass is 10.0. The number of likely N-dealkylation sites (tertiary alicyclic amines) is 1. The van der Waals surface area contributed by atoms with Crippen LogP contribution in [-0.2, 0) is 11.3 Å². The number of amides is 1. The third-order valence-corrected chi connectivity index (χ3v) is 6.16. The number of carbonyl (C=O) groups excluding carboxylic acids is 1. The number of carbonyl (C=O) groups is 1. The first-order valence-electron chi connectivity index (χ1n) is 7.42. The number of aromatic nitrogens is 1. The monoisotopic (exact) mass is 345 g/mol. The Labute approximate surface area is 137 Å². The molecule has 5 nitrogen and oxygen atoms in total. The fourth-order valence-corrected chi connectivity index (χ4v) is 4.82. The molecule has 0 aromatic carbocycles. The van der Waals surface area contributed by atoms with Gasteiger partial charge in [0.05, 0.1) is 6.54 Å². The Morgan fingerprint density at radius 1 is 1.64 bits per heavy atom. The number of thiazole rings is 1. The van der Waals surface area contributed by atoms with Crippen LogP contribution in [0.3, 0.4) is 0 Å². The summed E-state index contributed by atoms with van der Waals surface area (Å²) in [6.07, 6.45) is 1.78. The molecule has 2 saturated heterocycles. The number of nitrogens with one attached hydrogen (secondary N) is 1. The molecule has 2 aliphatic heterocycles. The van der Waals surface area contributed by atoms with Gasteiger partial charge in [0.25, 0.3) is 5.91 Å². The lowest BCUT2D eigenvalue weighted by Gasteiger charge is -2.26. The molecule has 2 aliphatic rings. The lowest BCUT2D eigenvalue weighted by molar-refractivity contribution is -0.137. The van der Waals surface area contributed by atoms with Gasteiger partial charge >= 0.3 is 0 Å². The summed E-state index contributed by atoms with van der Waals surface area (Å²) in [5.41, 5.74) is -1.25. The van der Waals surface area contributed by atoms with Crippen molar-refractivity contribution < 1.29 is 14.3 Å². The molecule has 0 radical (unpaired) electrons. The smallest absolute Gasteiger partial charge is 0.252 e. The molecule has 3 heterocycles. The summed E-state index contributed by atoms with van der Waals surface area (Å²) in [4.78, 5) is 18.4. The van der Waals surface area contributed by atoms with E-state index in [2.05, 4.69) is 10.3 Å². The van der Waals surface area contributed by atoms with Crippen molar-refractivity contribution in [3.05, 3.63) is 16.6 Å². The highest BCUT2D eigenvalue weighted by molar-refractivity contribution is 7.99. The molecule has 1 amide bonds. The van der Waals surface area contributed by atoms with Gasteiger partial charge in [0, 0.05) is 36.5 Å². The molecule has 22 heavy (non-hydrogen) atoms. The second-order valence-corrected chi connectivity index (χ2v) is 7.97. The van der Waals surface area contributed by atoms with E-state index in [-0.39, 0.29) is 11.9 Å². The van der Waals surface area contributed by atoms with Crippen molar-refractivity contribution in [2.75, 3.05) is 24.6 Å². The van der Waals surface area contributed by atoms with E-state index in [0.29, 0.717) is 38.2 Å². The van der Waals surface area contributed by atoms with Crippen LogP contribution in [0.1, 0.15) is 17.8 Å². The second kappa shape index (κ2) is 6.82. The normalized spacial score (nSPS) is 32.5. The third kappa shape index (κ3) is 3.61. The summed E-state index contributed by atoms with van der Waals surface area (Å²) >= 11 is 3.13. The van der Waals surface area contributed by atoms with Gasteiger partial charge < -0.3 is 10.4 Å². The van der Waals surface area contributed by atoms with Gasteiger partial charge in [0.2, 0.25) is 0 Å². The Morgan fingerprint density at radius 2 is 2.50 bits per heavy atom. The maximum atomic E-state index is 13.7. The Hall–Kier alpha value is -0.700. The van der Waals surface area contributed by atoms with E-state index in [4.69, 9.17) is 0 Å². The van der Waals surface area contributed by atoms with Crippen LogP contribution in [0.25, 0.3) is 0 Å². The minimum Gasteiger partial charge on any atom is -0.379 e. The zero-order chi connectivity index (χ0) is 15.6. The van der Waals surface area contributed by atoms with Crippen LogP contribution < -0.4 is 5.32 Å². The topological polar surface area (TPSA) is 65.5 Å². The molecule has 0 saturated carbocycles. The highest BCUT2D eigenvalue weighted by Crippen LogP contribution is 2.28. The van der Waals surface area contributed by atoms with Crippen LogP contribution in [0.5, 0.6) is 0 Å². The molecule has 2 fully saturated rings. The van der Waals surface area contributed by atoms with Crippen LogP contribution >= 0.6 is 23.1 Å². The molecule has 122 valence electrons. The molecule has 0 aliphatic carbocycles. The van der Waals surface area contributed by atoms with Crippen molar-refractivity contribution in [2.24, 2.45) is 0 Å². The van der Waals surface area contributed by atoms with Gasteiger partial charge in [-0.2, -0.15) is 11.8 Å². The first-order valence-corrected chi connectivity index (χ1v) is 9.45. The highest BCUT2D eigenvalue weighted by Gasteiger charge is 2.40. The van der Waals surface area contributed by atoms with Gasteiger partial charge in [-0.1, -0.05) is 0 Å². The zero-order valence-corrected chi connectivity index (χ0v) is 13.8. The fourth-order valence-electron chi connectivity index (χ4n) is 2.94. The van der Waals surface area contributed by atoms with Crippen LogP contribution in [0.2, 0.25) is 0 Å². The minimum absolute atomic E-state index is 0.0412. The molecule has 0 spiro atoms. The van der Waals surface area contributed by atoms with Crippen LogP contribution in [0, 0.1) is 0 Å². The fraction of sp³-hybridized carbons (Fsp3) is 0.714. The van der Waals surface area contributed by atoms with Crippen molar-refractivity contribution in [3.8, 4) is 0 Å². The molecular weight excluding hydrogens is 325 g/mol. The van der Waals surface area contributed by atoms with Crippen molar-refractivity contribution in [3.63, 3.8) is 0 Å². The molecule has 2 N–H and O–H groups in total. The van der Waals surface area contributed by atoms with Gasteiger partial charge in [-0.15, -0.1) is 11.3 Å². The van der Waals surface area contributed by atoms with E-state index in [1.807, 2.05) is 10.3 Å². The number of alkyl halides is 1. The van der Waals surface area contributed by atoms with Gasteiger partial charge in [-0.25, -0.2) is 9.37 Å². The van der Waals surface area contributed by atoms with E-state index >= 15 is 0 Å².